The van der Waals surface area contributed by atoms with Gasteiger partial charge in [0.05, 0.1) is 18.3 Å². The summed E-state index contributed by atoms with van der Waals surface area (Å²) in [5.41, 5.74) is 5.90. The average Bonchev–Trinajstić information content (AvgIpc) is 3.68. The van der Waals surface area contributed by atoms with Gasteiger partial charge in [0.1, 0.15) is 5.82 Å². The van der Waals surface area contributed by atoms with Crippen molar-refractivity contribution >= 4 is 23.3 Å². The molecule has 1 aliphatic carbocycles. The molecule has 38 heavy (non-hydrogen) atoms. The number of aromatic carboxylic acids is 1. The van der Waals surface area contributed by atoms with Crippen LogP contribution in [0.4, 0.5) is 19.0 Å². The molecule has 0 spiro atoms. The predicted molar refractivity (Wildman–Crippen MR) is 134 cm³/mol. The Morgan fingerprint density at radius 1 is 1.11 bits per heavy atom. The summed E-state index contributed by atoms with van der Waals surface area (Å²) in [4.78, 5) is 31.1. The molecule has 3 heterocycles. The molecule has 3 aliphatic rings. The molecule has 3 N–H and O–H groups in total. The van der Waals surface area contributed by atoms with Gasteiger partial charge in [-0.05, 0) is 69.2 Å². The van der Waals surface area contributed by atoms with Crippen LogP contribution in [0.3, 0.4) is 0 Å². The monoisotopic (exact) mass is 529 g/mol. The standard InChI is InChI=1S/C28H30F3N3O4/c1-15-10-23(27(36)37)33-24(11-15)34-17-8-9-18(34)13-19(12-17)38-14-21(26(35)16-6-7-16)25(32)20-4-2-3-5-22(20)28(29,30)31/h2-5,10-11,16-19H,6-9,12-14,32H2,1H3,(H,36,37)/t17-,18?,19?/m0/s1. The molecule has 3 fully saturated rings. The van der Waals surface area contributed by atoms with Gasteiger partial charge in [-0.15, -0.1) is 0 Å². The van der Waals surface area contributed by atoms with Crippen LogP contribution in [0, 0.1) is 12.8 Å². The van der Waals surface area contributed by atoms with E-state index in [1.165, 1.54) is 24.3 Å². The fourth-order valence-corrected chi connectivity index (χ4v) is 5.73. The van der Waals surface area contributed by atoms with Crippen molar-refractivity contribution in [1.82, 2.24) is 4.98 Å². The first-order valence-corrected chi connectivity index (χ1v) is 12.8. The summed E-state index contributed by atoms with van der Waals surface area (Å²) in [7, 11) is 0. The van der Waals surface area contributed by atoms with Crippen LogP contribution in [0.2, 0.25) is 0 Å². The van der Waals surface area contributed by atoms with Gasteiger partial charge in [0.2, 0.25) is 0 Å². The molecule has 2 bridgehead atoms. The van der Waals surface area contributed by atoms with Gasteiger partial charge in [-0.1, -0.05) is 18.2 Å². The SMILES string of the molecule is Cc1cc(C(=O)O)nc(N2C3CC[C@H]2CC(OCC(C(=O)C2CC2)=C(N)c2ccccc2C(F)(F)F)C3)c1. The Morgan fingerprint density at radius 2 is 1.76 bits per heavy atom. The number of nitrogens with two attached hydrogens (primary N) is 1. The number of halogens is 3. The van der Waals surface area contributed by atoms with E-state index < -0.39 is 17.7 Å². The molecule has 2 aromatic rings. The lowest BCUT2D eigenvalue weighted by Crippen LogP contribution is -2.46. The summed E-state index contributed by atoms with van der Waals surface area (Å²) in [5, 5.41) is 9.42. The lowest BCUT2D eigenvalue weighted by Gasteiger charge is -2.40. The lowest BCUT2D eigenvalue weighted by molar-refractivity contribution is -0.137. The second-order valence-corrected chi connectivity index (χ2v) is 10.5. The molecular formula is C28H30F3N3O4. The number of carbonyl (C=O) groups excluding carboxylic acids is 1. The number of Topliss-reactive ketones (excluding diaryl/α,β-unsaturated/α-hetero) is 1. The van der Waals surface area contributed by atoms with Crippen molar-refractivity contribution in [2.75, 3.05) is 11.5 Å². The zero-order valence-corrected chi connectivity index (χ0v) is 21.0. The molecule has 0 radical (unpaired) electrons. The number of hydrogen-bond donors (Lipinski definition) is 2. The van der Waals surface area contributed by atoms with Crippen molar-refractivity contribution in [2.24, 2.45) is 11.7 Å². The van der Waals surface area contributed by atoms with Crippen LogP contribution in [0.5, 0.6) is 0 Å². The Kier molecular flexibility index (Phi) is 6.94. The van der Waals surface area contributed by atoms with Crippen molar-refractivity contribution in [2.45, 2.75) is 69.8 Å². The fourth-order valence-electron chi connectivity index (χ4n) is 5.73. The molecule has 3 atom stereocenters. The Morgan fingerprint density at radius 3 is 2.37 bits per heavy atom. The van der Waals surface area contributed by atoms with E-state index in [1.54, 1.807) is 0 Å². The number of hydrogen-bond acceptors (Lipinski definition) is 6. The molecule has 1 saturated carbocycles. The highest BCUT2D eigenvalue weighted by atomic mass is 19.4. The summed E-state index contributed by atoms with van der Waals surface area (Å²) in [6.45, 7) is 1.69. The summed E-state index contributed by atoms with van der Waals surface area (Å²) in [6, 6.07) is 8.61. The number of carboxylic acids is 1. The van der Waals surface area contributed by atoms with Gasteiger partial charge < -0.3 is 20.5 Å². The number of carboxylic acid groups (broad SMARTS) is 1. The van der Waals surface area contributed by atoms with Crippen LogP contribution in [0.1, 0.15) is 65.7 Å². The van der Waals surface area contributed by atoms with E-state index in [4.69, 9.17) is 10.5 Å². The third kappa shape index (κ3) is 5.27. The fraction of sp³-hybridized carbons (Fsp3) is 0.464. The van der Waals surface area contributed by atoms with E-state index in [0.717, 1.165) is 24.5 Å². The number of pyridine rings is 1. The van der Waals surface area contributed by atoms with E-state index >= 15 is 0 Å². The van der Waals surface area contributed by atoms with Crippen molar-refractivity contribution in [3.63, 3.8) is 0 Å². The highest BCUT2D eigenvalue weighted by molar-refractivity contribution is 6.05. The molecule has 2 unspecified atom stereocenters. The number of ketones is 1. The Hall–Kier alpha value is -3.40. The van der Waals surface area contributed by atoms with Crippen LogP contribution in [-0.2, 0) is 15.7 Å². The largest absolute Gasteiger partial charge is 0.477 e. The smallest absolute Gasteiger partial charge is 0.417 e. The Labute approximate surface area is 218 Å². The minimum Gasteiger partial charge on any atom is -0.477 e. The van der Waals surface area contributed by atoms with Gasteiger partial charge in [0, 0.05) is 34.8 Å². The van der Waals surface area contributed by atoms with Crippen LogP contribution in [0.25, 0.3) is 5.70 Å². The zero-order valence-electron chi connectivity index (χ0n) is 21.0. The van der Waals surface area contributed by atoms with E-state index in [-0.39, 0.29) is 59.0 Å². The average molecular weight is 530 g/mol. The number of carbonyl (C=O) groups is 2. The molecule has 5 rings (SSSR count). The number of ether oxygens (including phenoxy) is 1. The van der Waals surface area contributed by atoms with Crippen LogP contribution in [-0.4, -0.2) is 46.6 Å². The number of fused-ring (bicyclic) bond motifs is 2. The molecule has 2 saturated heterocycles. The van der Waals surface area contributed by atoms with Crippen LogP contribution >= 0.6 is 0 Å². The minimum absolute atomic E-state index is 0.000698. The van der Waals surface area contributed by atoms with Crippen molar-refractivity contribution in [3.8, 4) is 0 Å². The highest BCUT2D eigenvalue weighted by Crippen LogP contribution is 2.41. The Bertz CT molecular complexity index is 1270. The molecule has 2 aliphatic heterocycles. The number of benzene rings is 1. The number of rotatable bonds is 8. The quantitative estimate of drug-likeness (QED) is 0.465. The maximum Gasteiger partial charge on any atom is 0.417 e. The van der Waals surface area contributed by atoms with E-state index in [0.29, 0.717) is 31.5 Å². The summed E-state index contributed by atoms with van der Waals surface area (Å²) in [6.07, 6.45) is -0.355. The number of nitrogens with zero attached hydrogens (tertiary/aromatic N) is 2. The normalized spacial score (nSPS) is 23.8. The van der Waals surface area contributed by atoms with E-state index in [9.17, 15) is 27.9 Å². The second kappa shape index (κ2) is 10.1. The minimum atomic E-state index is -4.60. The molecule has 10 heteroatoms. The third-order valence-electron chi connectivity index (χ3n) is 7.69. The van der Waals surface area contributed by atoms with Crippen LogP contribution in [0.15, 0.2) is 42.0 Å². The number of aromatic nitrogens is 1. The molecule has 1 aromatic heterocycles. The molecule has 1 aromatic carbocycles. The van der Waals surface area contributed by atoms with Gasteiger partial charge in [-0.3, -0.25) is 4.79 Å². The predicted octanol–water partition coefficient (Wildman–Crippen LogP) is 4.97. The molecule has 7 nitrogen and oxygen atoms in total. The number of piperidine rings is 1. The van der Waals surface area contributed by atoms with Gasteiger partial charge in [-0.2, -0.15) is 13.2 Å². The van der Waals surface area contributed by atoms with E-state index in [1.807, 2.05) is 13.0 Å². The third-order valence-corrected chi connectivity index (χ3v) is 7.69. The first-order chi connectivity index (χ1) is 18.0. The van der Waals surface area contributed by atoms with Crippen molar-refractivity contribution < 1.29 is 32.6 Å². The second-order valence-electron chi connectivity index (χ2n) is 10.5. The van der Waals surface area contributed by atoms with Crippen LogP contribution < -0.4 is 10.6 Å². The Balaban J connectivity index is 1.35. The maximum absolute atomic E-state index is 13.6. The van der Waals surface area contributed by atoms with Gasteiger partial charge in [0.25, 0.3) is 0 Å². The first kappa shape index (κ1) is 26.2. The molecular weight excluding hydrogens is 499 g/mol. The summed E-state index contributed by atoms with van der Waals surface area (Å²) in [5.74, 6) is -0.917. The van der Waals surface area contributed by atoms with Gasteiger partial charge in [-0.25, -0.2) is 9.78 Å². The zero-order chi connectivity index (χ0) is 27.2. The van der Waals surface area contributed by atoms with E-state index in [2.05, 4.69) is 9.88 Å². The lowest BCUT2D eigenvalue weighted by atomic mass is 9.96. The topological polar surface area (TPSA) is 106 Å². The summed E-state index contributed by atoms with van der Waals surface area (Å²) < 4.78 is 47.1. The number of alkyl halides is 3. The maximum atomic E-state index is 13.6. The molecule has 0 amide bonds. The first-order valence-electron chi connectivity index (χ1n) is 12.8. The van der Waals surface area contributed by atoms with Crippen molar-refractivity contribution in [1.29, 1.82) is 0 Å². The highest BCUT2D eigenvalue weighted by Gasteiger charge is 2.43. The summed E-state index contributed by atoms with van der Waals surface area (Å²) >= 11 is 0. The van der Waals surface area contributed by atoms with Crippen molar-refractivity contribution in [3.05, 3.63) is 64.4 Å². The molecule has 202 valence electrons. The van der Waals surface area contributed by atoms with Gasteiger partial charge in [0.15, 0.2) is 11.5 Å². The van der Waals surface area contributed by atoms with Gasteiger partial charge >= 0.3 is 12.1 Å². The number of aryl methyl sites for hydroxylation is 1. The number of anilines is 1.